The second-order valence-corrected chi connectivity index (χ2v) is 4.77. The Hall–Kier alpha value is -0.770. The van der Waals surface area contributed by atoms with Crippen molar-refractivity contribution in [1.82, 2.24) is 5.32 Å². The topological polar surface area (TPSA) is 38.3 Å². The molecule has 5 heteroatoms. The molecule has 17 heavy (non-hydrogen) atoms. The lowest BCUT2D eigenvalue weighted by atomic mass is 10.1. The van der Waals surface area contributed by atoms with Crippen LogP contribution in [0.4, 0.5) is 0 Å². The highest BCUT2D eigenvalue weighted by molar-refractivity contribution is 6.33. The molecule has 0 aliphatic rings. The molecule has 1 amide bonds. The summed E-state index contributed by atoms with van der Waals surface area (Å²) >= 11 is 11.9. The predicted octanol–water partition coefficient (Wildman–Crippen LogP) is 2.63. The molecule has 1 atom stereocenters. The van der Waals surface area contributed by atoms with Crippen LogP contribution in [0.25, 0.3) is 0 Å². The summed E-state index contributed by atoms with van der Waals surface area (Å²) in [6.07, 6.45) is 0. The van der Waals surface area contributed by atoms with Gasteiger partial charge in [-0.2, -0.15) is 0 Å². The van der Waals surface area contributed by atoms with Crippen LogP contribution in [0.5, 0.6) is 0 Å². The first-order valence-corrected chi connectivity index (χ1v) is 6.03. The Morgan fingerprint density at radius 2 is 2.24 bits per heavy atom. The largest absolute Gasteiger partial charge is 0.383 e. The van der Waals surface area contributed by atoms with Crippen LogP contribution in [0.3, 0.4) is 0 Å². The maximum Gasteiger partial charge on any atom is 0.252 e. The van der Waals surface area contributed by atoms with Gasteiger partial charge in [0.25, 0.3) is 5.91 Å². The van der Waals surface area contributed by atoms with Crippen LogP contribution >= 0.6 is 23.2 Å². The lowest BCUT2D eigenvalue weighted by Gasteiger charge is -2.10. The maximum absolute atomic E-state index is 11.8. The summed E-state index contributed by atoms with van der Waals surface area (Å²) in [7, 11) is 1.56. The third-order valence-electron chi connectivity index (χ3n) is 2.20. The molecule has 0 saturated carbocycles. The van der Waals surface area contributed by atoms with Crippen LogP contribution < -0.4 is 5.32 Å². The van der Waals surface area contributed by atoms with E-state index in [4.69, 9.17) is 27.9 Å². The van der Waals surface area contributed by atoms with Crippen LogP contribution in [-0.2, 0) is 4.74 Å². The number of benzene rings is 1. The zero-order chi connectivity index (χ0) is 12.8. The number of hydrogen-bond donors (Lipinski definition) is 1. The van der Waals surface area contributed by atoms with E-state index in [9.17, 15) is 4.79 Å². The van der Waals surface area contributed by atoms with Gasteiger partial charge in [-0.05, 0) is 24.6 Å². The van der Waals surface area contributed by atoms with Gasteiger partial charge in [0.15, 0.2) is 0 Å². The van der Waals surface area contributed by atoms with Gasteiger partial charge in [-0.15, -0.1) is 11.6 Å². The van der Waals surface area contributed by atoms with Gasteiger partial charge in [0.1, 0.15) is 0 Å². The summed E-state index contributed by atoms with van der Waals surface area (Å²) in [6.45, 7) is 2.66. The molecule has 0 aliphatic heterocycles. The predicted molar refractivity (Wildman–Crippen MR) is 70.0 cm³/mol. The molecular formula is C12H15Cl2NO2. The molecule has 0 bridgehead atoms. The molecule has 0 aliphatic carbocycles. The Morgan fingerprint density at radius 1 is 1.53 bits per heavy atom. The van der Waals surface area contributed by atoms with Gasteiger partial charge in [0.2, 0.25) is 0 Å². The average Bonchev–Trinajstić information content (AvgIpc) is 2.26. The molecule has 0 saturated heterocycles. The minimum absolute atomic E-state index is 0.225. The minimum atomic E-state index is -0.242. The molecular weight excluding hydrogens is 261 g/mol. The molecule has 1 N–H and O–H groups in total. The number of methoxy groups -OCH3 is 1. The number of ether oxygens (including phenoxy) is 1. The Labute approximate surface area is 111 Å². The van der Waals surface area contributed by atoms with Gasteiger partial charge in [0, 0.05) is 13.7 Å². The SMILES string of the molecule is COCC(Cl)CNC(=O)c1ccc(C)cc1Cl. The lowest BCUT2D eigenvalue weighted by molar-refractivity contribution is 0.0949. The van der Waals surface area contributed by atoms with Crippen molar-refractivity contribution in [3.8, 4) is 0 Å². The van der Waals surface area contributed by atoms with Crippen LogP contribution in [0.2, 0.25) is 5.02 Å². The molecule has 0 aromatic heterocycles. The van der Waals surface area contributed by atoms with Gasteiger partial charge in [-0.3, -0.25) is 4.79 Å². The summed E-state index contributed by atoms with van der Waals surface area (Å²) in [5.41, 5.74) is 1.47. The number of alkyl halides is 1. The lowest BCUT2D eigenvalue weighted by Crippen LogP contribution is -2.31. The molecule has 1 aromatic carbocycles. The first-order chi connectivity index (χ1) is 8.04. The summed E-state index contributed by atoms with van der Waals surface area (Å²) in [5.74, 6) is -0.225. The van der Waals surface area contributed by atoms with Gasteiger partial charge < -0.3 is 10.1 Å². The monoisotopic (exact) mass is 275 g/mol. The molecule has 0 heterocycles. The fraction of sp³-hybridized carbons (Fsp3) is 0.417. The quantitative estimate of drug-likeness (QED) is 0.839. The van der Waals surface area contributed by atoms with Gasteiger partial charge in [-0.25, -0.2) is 0 Å². The second-order valence-electron chi connectivity index (χ2n) is 3.75. The Balaban J connectivity index is 2.58. The second kappa shape index (κ2) is 6.84. The van der Waals surface area contributed by atoms with E-state index < -0.39 is 0 Å². The summed E-state index contributed by atoms with van der Waals surface area (Å²) in [6, 6.07) is 5.30. The normalized spacial score (nSPS) is 12.2. The number of carbonyl (C=O) groups is 1. The Morgan fingerprint density at radius 3 is 2.82 bits per heavy atom. The van der Waals surface area contributed by atoms with E-state index in [1.807, 2.05) is 13.0 Å². The molecule has 94 valence electrons. The van der Waals surface area contributed by atoms with E-state index in [0.29, 0.717) is 23.7 Å². The fourth-order valence-electron chi connectivity index (χ4n) is 1.34. The molecule has 0 fully saturated rings. The fourth-order valence-corrected chi connectivity index (χ4v) is 1.87. The van der Waals surface area contributed by atoms with E-state index in [1.54, 1.807) is 19.2 Å². The molecule has 0 radical (unpaired) electrons. The molecule has 1 unspecified atom stereocenters. The van der Waals surface area contributed by atoms with E-state index >= 15 is 0 Å². The van der Waals surface area contributed by atoms with Crippen LogP contribution in [-0.4, -0.2) is 31.5 Å². The van der Waals surface area contributed by atoms with Crippen molar-refractivity contribution in [3.63, 3.8) is 0 Å². The van der Waals surface area contributed by atoms with E-state index in [1.165, 1.54) is 0 Å². The first-order valence-electron chi connectivity index (χ1n) is 5.22. The highest BCUT2D eigenvalue weighted by Crippen LogP contribution is 2.17. The third-order valence-corrected chi connectivity index (χ3v) is 2.79. The van der Waals surface area contributed by atoms with Crippen molar-refractivity contribution in [2.24, 2.45) is 0 Å². The van der Waals surface area contributed by atoms with Crippen molar-refractivity contribution in [1.29, 1.82) is 0 Å². The van der Waals surface area contributed by atoms with Crippen molar-refractivity contribution in [2.75, 3.05) is 20.3 Å². The highest BCUT2D eigenvalue weighted by atomic mass is 35.5. The third kappa shape index (κ3) is 4.54. The first kappa shape index (κ1) is 14.3. The molecule has 0 spiro atoms. The Kier molecular flexibility index (Phi) is 5.75. The van der Waals surface area contributed by atoms with Crippen molar-refractivity contribution in [2.45, 2.75) is 12.3 Å². The van der Waals surface area contributed by atoms with Crippen LogP contribution in [0.15, 0.2) is 18.2 Å². The number of carbonyl (C=O) groups excluding carboxylic acids is 1. The van der Waals surface area contributed by atoms with Crippen LogP contribution in [0, 0.1) is 6.92 Å². The zero-order valence-electron chi connectivity index (χ0n) is 9.80. The number of hydrogen-bond acceptors (Lipinski definition) is 2. The summed E-state index contributed by atoms with van der Waals surface area (Å²) in [4.78, 5) is 11.8. The molecule has 1 rings (SSSR count). The molecule has 3 nitrogen and oxygen atoms in total. The van der Waals surface area contributed by atoms with Gasteiger partial charge in [0.05, 0.1) is 22.6 Å². The van der Waals surface area contributed by atoms with Gasteiger partial charge in [-0.1, -0.05) is 17.7 Å². The number of nitrogens with one attached hydrogen (secondary N) is 1. The minimum Gasteiger partial charge on any atom is -0.383 e. The summed E-state index contributed by atoms with van der Waals surface area (Å²) < 4.78 is 4.87. The van der Waals surface area contributed by atoms with Crippen LogP contribution in [0.1, 0.15) is 15.9 Å². The zero-order valence-corrected chi connectivity index (χ0v) is 11.3. The number of halogens is 2. The highest BCUT2D eigenvalue weighted by Gasteiger charge is 2.12. The maximum atomic E-state index is 11.8. The van der Waals surface area contributed by atoms with Crippen molar-refractivity contribution < 1.29 is 9.53 Å². The van der Waals surface area contributed by atoms with E-state index in [-0.39, 0.29) is 11.3 Å². The van der Waals surface area contributed by atoms with Crippen molar-refractivity contribution in [3.05, 3.63) is 34.3 Å². The van der Waals surface area contributed by atoms with Crippen molar-refractivity contribution >= 4 is 29.1 Å². The van der Waals surface area contributed by atoms with Gasteiger partial charge >= 0.3 is 0 Å². The number of aryl methyl sites for hydroxylation is 1. The Bertz CT molecular complexity index is 396. The van der Waals surface area contributed by atoms with E-state index in [2.05, 4.69) is 5.32 Å². The summed E-state index contributed by atoms with van der Waals surface area (Å²) in [5, 5.41) is 2.91. The smallest absolute Gasteiger partial charge is 0.252 e. The molecule has 1 aromatic rings. The number of amides is 1. The number of rotatable bonds is 5. The average molecular weight is 276 g/mol. The van der Waals surface area contributed by atoms with E-state index in [0.717, 1.165) is 5.56 Å². The standard InChI is InChI=1S/C12H15Cl2NO2/c1-8-3-4-10(11(14)5-8)12(16)15-6-9(13)7-17-2/h3-5,9H,6-7H2,1-2H3,(H,15,16).